The molecule has 0 amide bonds. The van der Waals surface area contributed by atoms with Crippen LogP contribution in [0.5, 0.6) is 0 Å². The topological polar surface area (TPSA) is 46.3 Å². The zero-order valence-electron chi connectivity index (χ0n) is 13.7. The monoisotopic (exact) mass is 337 g/mol. The highest BCUT2D eigenvalue weighted by Crippen LogP contribution is 2.30. The van der Waals surface area contributed by atoms with E-state index in [9.17, 15) is 0 Å². The Morgan fingerprint density at radius 2 is 1.83 bits per heavy atom. The van der Waals surface area contributed by atoms with Crippen LogP contribution in [0.4, 0.5) is 5.69 Å². The lowest BCUT2D eigenvalue weighted by Crippen LogP contribution is -2.09. The predicted octanol–water partition coefficient (Wildman–Crippen LogP) is 3.97. The third-order valence-corrected chi connectivity index (χ3v) is 4.44. The van der Waals surface area contributed by atoms with Crippen molar-refractivity contribution in [2.75, 3.05) is 19.0 Å². The summed E-state index contributed by atoms with van der Waals surface area (Å²) in [4.78, 5) is 6.72. The van der Waals surface area contributed by atoms with E-state index in [4.69, 9.17) is 11.6 Å². The lowest BCUT2D eigenvalue weighted by Gasteiger charge is -2.14. The van der Waals surface area contributed by atoms with Gasteiger partial charge in [-0.15, -0.1) is 10.2 Å². The van der Waals surface area contributed by atoms with Crippen LogP contribution in [0, 0.1) is 6.92 Å². The van der Waals surface area contributed by atoms with Crippen LogP contribution in [0.25, 0.3) is 28.1 Å². The summed E-state index contributed by atoms with van der Waals surface area (Å²) in [5.74, 6) is 0.724. The van der Waals surface area contributed by atoms with Crippen LogP contribution in [0.3, 0.4) is 0 Å². The summed E-state index contributed by atoms with van der Waals surface area (Å²) in [6.45, 7) is 1.94. The third kappa shape index (κ3) is 2.20. The first-order valence-electron chi connectivity index (χ1n) is 7.64. The summed E-state index contributed by atoms with van der Waals surface area (Å²) in [6.07, 6.45) is 0. The second-order valence-electron chi connectivity index (χ2n) is 5.93. The lowest BCUT2D eigenvalue weighted by atomic mass is 10.2. The Hall–Kier alpha value is -2.66. The fourth-order valence-electron chi connectivity index (χ4n) is 2.86. The van der Waals surface area contributed by atoms with Crippen LogP contribution in [0.1, 0.15) is 5.69 Å². The van der Waals surface area contributed by atoms with Gasteiger partial charge in [0.1, 0.15) is 0 Å². The van der Waals surface area contributed by atoms with Crippen molar-refractivity contribution in [1.82, 2.24) is 19.6 Å². The largest absolute Gasteiger partial charge is 0.378 e. The molecule has 0 aliphatic heterocycles. The van der Waals surface area contributed by atoms with Gasteiger partial charge < -0.3 is 4.90 Å². The van der Waals surface area contributed by atoms with Crippen LogP contribution in [-0.4, -0.2) is 33.7 Å². The predicted molar refractivity (Wildman–Crippen MR) is 97.8 cm³/mol. The molecule has 0 radical (unpaired) electrons. The summed E-state index contributed by atoms with van der Waals surface area (Å²) in [5, 5.41) is 9.38. The summed E-state index contributed by atoms with van der Waals surface area (Å²) < 4.78 is 2.03. The smallest absolute Gasteiger partial charge is 0.183 e. The standard InChI is InChI=1S/C18H16ClN5/c1-11-17-21-22-18(13-6-4-5-7-14(13)19)24(17)16-10-12(23(2)3)8-9-15(16)20-11/h4-10H,1-3H3. The molecule has 0 aliphatic carbocycles. The molecule has 5 nitrogen and oxygen atoms in total. The maximum Gasteiger partial charge on any atom is 0.183 e. The maximum absolute atomic E-state index is 6.38. The number of halogens is 1. The van der Waals surface area contributed by atoms with Crippen molar-refractivity contribution in [2.24, 2.45) is 0 Å². The van der Waals surface area contributed by atoms with Gasteiger partial charge in [-0.05, 0) is 37.3 Å². The van der Waals surface area contributed by atoms with Crippen LogP contribution < -0.4 is 4.90 Å². The molecule has 0 bridgehead atoms. The van der Waals surface area contributed by atoms with Crippen molar-refractivity contribution < 1.29 is 0 Å². The minimum atomic E-state index is 0.651. The van der Waals surface area contributed by atoms with Gasteiger partial charge in [0.2, 0.25) is 0 Å². The molecule has 2 aromatic carbocycles. The van der Waals surface area contributed by atoms with Crippen molar-refractivity contribution >= 4 is 34.0 Å². The van der Waals surface area contributed by atoms with Crippen LogP contribution in [0.15, 0.2) is 42.5 Å². The van der Waals surface area contributed by atoms with E-state index < -0.39 is 0 Å². The van der Waals surface area contributed by atoms with E-state index in [-0.39, 0.29) is 0 Å². The number of hydrogen-bond donors (Lipinski definition) is 0. The van der Waals surface area contributed by atoms with Crippen molar-refractivity contribution in [2.45, 2.75) is 6.92 Å². The molecule has 0 saturated heterocycles. The average molecular weight is 338 g/mol. The molecule has 0 N–H and O–H groups in total. The van der Waals surface area contributed by atoms with Gasteiger partial charge in [0.05, 0.1) is 21.7 Å². The molecule has 0 saturated carbocycles. The number of anilines is 1. The highest BCUT2D eigenvalue weighted by molar-refractivity contribution is 6.33. The van der Waals surface area contributed by atoms with Gasteiger partial charge in [0.15, 0.2) is 11.5 Å². The first-order chi connectivity index (χ1) is 11.6. The Bertz CT molecular complexity index is 1070. The van der Waals surface area contributed by atoms with E-state index in [0.29, 0.717) is 5.02 Å². The fraction of sp³-hybridized carbons (Fsp3) is 0.167. The normalized spacial score (nSPS) is 11.3. The summed E-state index contributed by atoms with van der Waals surface area (Å²) in [5.41, 5.74) is 5.39. The molecule has 4 rings (SSSR count). The van der Waals surface area contributed by atoms with Gasteiger partial charge in [0, 0.05) is 25.3 Å². The molecule has 24 heavy (non-hydrogen) atoms. The number of aryl methyl sites for hydroxylation is 1. The van der Waals surface area contributed by atoms with Gasteiger partial charge in [-0.3, -0.25) is 4.40 Å². The number of rotatable bonds is 2. The molecule has 0 fully saturated rings. The molecule has 2 aromatic heterocycles. The molecule has 6 heteroatoms. The highest BCUT2D eigenvalue weighted by atomic mass is 35.5. The van der Waals surface area contributed by atoms with Crippen LogP contribution >= 0.6 is 11.6 Å². The number of fused-ring (bicyclic) bond motifs is 3. The Balaban J connectivity index is 2.14. The summed E-state index contributed by atoms with van der Waals surface area (Å²) >= 11 is 6.38. The highest BCUT2D eigenvalue weighted by Gasteiger charge is 2.16. The minimum absolute atomic E-state index is 0.651. The quantitative estimate of drug-likeness (QED) is 0.555. The Morgan fingerprint density at radius 3 is 2.58 bits per heavy atom. The van der Waals surface area contributed by atoms with E-state index in [0.717, 1.165) is 39.4 Å². The van der Waals surface area contributed by atoms with Crippen molar-refractivity contribution in [1.29, 1.82) is 0 Å². The number of benzene rings is 2. The zero-order chi connectivity index (χ0) is 16.8. The lowest BCUT2D eigenvalue weighted by molar-refractivity contribution is 1.11. The molecule has 0 unspecified atom stereocenters. The van der Waals surface area contributed by atoms with Crippen molar-refractivity contribution in [3.05, 3.63) is 53.2 Å². The summed E-state index contributed by atoms with van der Waals surface area (Å²) in [7, 11) is 4.03. The second-order valence-corrected chi connectivity index (χ2v) is 6.33. The molecule has 4 aromatic rings. The number of aromatic nitrogens is 4. The van der Waals surface area contributed by atoms with E-state index in [1.54, 1.807) is 0 Å². The molecule has 0 spiro atoms. The molecular formula is C18H16ClN5. The number of hydrogen-bond acceptors (Lipinski definition) is 4. The van der Waals surface area contributed by atoms with Gasteiger partial charge in [0.25, 0.3) is 0 Å². The van der Waals surface area contributed by atoms with E-state index in [1.807, 2.05) is 55.8 Å². The molecule has 0 atom stereocenters. The third-order valence-electron chi connectivity index (χ3n) is 4.11. The van der Waals surface area contributed by atoms with Crippen molar-refractivity contribution in [3.63, 3.8) is 0 Å². The van der Waals surface area contributed by atoms with Gasteiger partial charge >= 0.3 is 0 Å². The fourth-order valence-corrected chi connectivity index (χ4v) is 3.08. The Labute approximate surface area is 144 Å². The first kappa shape index (κ1) is 14.9. The molecule has 2 heterocycles. The van der Waals surface area contributed by atoms with Crippen LogP contribution in [-0.2, 0) is 0 Å². The second kappa shape index (κ2) is 5.46. The Kier molecular flexibility index (Phi) is 3.39. The molecule has 0 aliphatic rings. The van der Waals surface area contributed by atoms with Gasteiger partial charge in [-0.1, -0.05) is 23.7 Å². The first-order valence-corrected chi connectivity index (χ1v) is 8.02. The van der Waals surface area contributed by atoms with Crippen LogP contribution in [0.2, 0.25) is 5.02 Å². The SMILES string of the molecule is Cc1nc2ccc(N(C)C)cc2n2c(-c3ccccc3Cl)nnc12. The minimum Gasteiger partial charge on any atom is -0.378 e. The van der Waals surface area contributed by atoms with E-state index >= 15 is 0 Å². The number of nitrogens with zero attached hydrogens (tertiary/aromatic N) is 5. The van der Waals surface area contributed by atoms with E-state index in [2.05, 4.69) is 32.2 Å². The summed E-state index contributed by atoms with van der Waals surface area (Å²) in [6, 6.07) is 13.8. The van der Waals surface area contributed by atoms with Crippen molar-refractivity contribution in [3.8, 4) is 11.4 Å². The molecule has 120 valence electrons. The molecular weight excluding hydrogens is 322 g/mol. The zero-order valence-corrected chi connectivity index (χ0v) is 14.4. The maximum atomic E-state index is 6.38. The van der Waals surface area contributed by atoms with E-state index in [1.165, 1.54) is 0 Å². The Morgan fingerprint density at radius 1 is 1.04 bits per heavy atom. The van der Waals surface area contributed by atoms with Gasteiger partial charge in [-0.2, -0.15) is 0 Å². The van der Waals surface area contributed by atoms with Gasteiger partial charge in [-0.25, -0.2) is 4.98 Å². The average Bonchev–Trinajstić information content (AvgIpc) is 3.01.